The number of nitro groups is 1. The molecule has 0 aliphatic heterocycles. The van der Waals surface area contributed by atoms with E-state index in [0.29, 0.717) is 5.69 Å². The van der Waals surface area contributed by atoms with Gasteiger partial charge in [-0.2, -0.15) is 5.10 Å². The molecule has 0 fully saturated rings. The van der Waals surface area contributed by atoms with E-state index < -0.39 is 9.76 Å². The molecule has 2 aromatic rings. The Morgan fingerprint density at radius 1 is 1.29 bits per heavy atom. The number of hydrogen-bond donors (Lipinski definition) is 0. The zero-order valence-corrected chi connectivity index (χ0v) is 9.97. The summed E-state index contributed by atoms with van der Waals surface area (Å²) >= 11 is 11.5. The Bertz CT molecular complexity index is 540. The van der Waals surface area contributed by atoms with Crippen molar-refractivity contribution in [2.75, 3.05) is 0 Å². The van der Waals surface area contributed by atoms with E-state index in [1.165, 1.54) is 4.68 Å². The number of halogens is 2. The van der Waals surface area contributed by atoms with Gasteiger partial charge in [0.05, 0.1) is 10.6 Å². The average Bonchev–Trinajstić information content (AvgIpc) is 2.74. The molecule has 88 valence electrons. The normalized spacial score (nSPS) is 10.8. The van der Waals surface area contributed by atoms with Gasteiger partial charge in [0, 0.05) is 0 Å². The molecule has 0 amide bonds. The van der Waals surface area contributed by atoms with Crippen molar-refractivity contribution in [2.45, 2.75) is 4.84 Å². The second-order valence-electron chi connectivity index (χ2n) is 3.22. The minimum absolute atomic E-state index is 0.157. The summed E-state index contributed by atoms with van der Waals surface area (Å²) in [6.45, 7) is 0. The highest BCUT2D eigenvalue weighted by atomic mass is 35.5. The summed E-state index contributed by atoms with van der Waals surface area (Å²) in [5.41, 5.74) is 0.635. The van der Waals surface area contributed by atoms with Crippen LogP contribution in [0.3, 0.4) is 0 Å². The molecule has 0 aliphatic rings. The Labute approximate surface area is 107 Å². The molecule has 2 rings (SSSR count). The number of benzene rings is 1. The van der Waals surface area contributed by atoms with Crippen molar-refractivity contribution >= 4 is 28.9 Å². The van der Waals surface area contributed by atoms with Crippen LogP contribution in [0.5, 0.6) is 0 Å². The van der Waals surface area contributed by atoms with E-state index in [9.17, 15) is 10.1 Å². The van der Waals surface area contributed by atoms with Gasteiger partial charge in [-0.25, -0.2) is 4.68 Å². The lowest BCUT2D eigenvalue weighted by atomic mass is 10.3. The summed E-state index contributed by atoms with van der Waals surface area (Å²) in [7, 11) is 0. The van der Waals surface area contributed by atoms with Crippen LogP contribution in [-0.4, -0.2) is 14.7 Å². The van der Waals surface area contributed by atoms with Crippen molar-refractivity contribution in [3.63, 3.8) is 0 Å². The van der Waals surface area contributed by atoms with Gasteiger partial charge >= 0.3 is 5.69 Å². The van der Waals surface area contributed by atoms with Gasteiger partial charge in [0.1, 0.15) is 6.20 Å². The van der Waals surface area contributed by atoms with E-state index in [0.717, 1.165) is 6.20 Å². The number of nitrogens with zero attached hydrogens (tertiary/aromatic N) is 3. The summed E-state index contributed by atoms with van der Waals surface area (Å²) in [5.74, 6) is 0. The third-order valence-corrected chi connectivity index (χ3v) is 2.60. The number of alkyl halides is 2. The molecular weight excluding hydrogens is 265 g/mol. The van der Waals surface area contributed by atoms with E-state index in [2.05, 4.69) is 5.10 Å². The minimum Gasteiger partial charge on any atom is -0.258 e. The Hall–Kier alpha value is -1.59. The fraction of sp³-hybridized carbons (Fsp3) is 0.100. The summed E-state index contributed by atoms with van der Waals surface area (Å²) in [6.07, 6.45) is 1.14. The fourth-order valence-corrected chi connectivity index (χ4v) is 1.88. The lowest BCUT2D eigenvalue weighted by Gasteiger charge is -2.06. The van der Waals surface area contributed by atoms with E-state index in [1.807, 2.05) is 6.07 Å². The van der Waals surface area contributed by atoms with E-state index in [1.54, 1.807) is 24.3 Å². The molecule has 0 unspecified atom stereocenters. The lowest BCUT2D eigenvalue weighted by molar-refractivity contribution is -0.385. The summed E-state index contributed by atoms with van der Waals surface area (Å²) in [6, 6.07) is 8.95. The first-order chi connectivity index (χ1) is 8.11. The van der Waals surface area contributed by atoms with Crippen molar-refractivity contribution in [1.29, 1.82) is 0 Å². The lowest BCUT2D eigenvalue weighted by Crippen LogP contribution is -2.03. The first kappa shape index (κ1) is 11.9. The van der Waals surface area contributed by atoms with Crippen LogP contribution < -0.4 is 0 Å². The molecular formula is C10H7Cl2N3O2. The molecule has 0 N–H and O–H groups in total. The molecule has 1 heterocycles. The maximum Gasteiger partial charge on any atom is 0.313 e. The topological polar surface area (TPSA) is 61.0 Å². The molecule has 5 nitrogen and oxygen atoms in total. The minimum atomic E-state index is -1.02. The molecule has 0 atom stereocenters. The van der Waals surface area contributed by atoms with Gasteiger partial charge in [0.2, 0.25) is 0 Å². The zero-order valence-electron chi connectivity index (χ0n) is 8.46. The second-order valence-corrected chi connectivity index (χ2v) is 4.32. The van der Waals surface area contributed by atoms with Crippen molar-refractivity contribution in [1.82, 2.24) is 9.78 Å². The Kier molecular flexibility index (Phi) is 3.31. The van der Waals surface area contributed by atoms with Gasteiger partial charge in [0.25, 0.3) is 0 Å². The van der Waals surface area contributed by atoms with E-state index >= 15 is 0 Å². The maximum absolute atomic E-state index is 10.8. The Morgan fingerprint density at radius 3 is 2.47 bits per heavy atom. The van der Waals surface area contributed by atoms with Crippen LogP contribution in [0, 0.1) is 10.1 Å². The molecule has 0 bridgehead atoms. The summed E-state index contributed by atoms with van der Waals surface area (Å²) in [4.78, 5) is 9.23. The van der Waals surface area contributed by atoms with E-state index in [-0.39, 0.29) is 11.4 Å². The maximum atomic E-state index is 10.8. The molecule has 0 aliphatic carbocycles. The first-order valence-electron chi connectivity index (χ1n) is 4.67. The SMILES string of the molecule is O=[N+]([O-])c1cnn(-c2ccccc2)c1C(Cl)Cl. The number of hydrogen-bond acceptors (Lipinski definition) is 3. The Balaban J connectivity index is 2.60. The van der Waals surface area contributed by atoms with Crippen molar-refractivity contribution in [3.05, 3.63) is 52.3 Å². The third kappa shape index (κ3) is 2.25. The van der Waals surface area contributed by atoms with Gasteiger partial charge in [-0.15, -0.1) is 0 Å². The van der Waals surface area contributed by atoms with Gasteiger partial charge in [-0.3, -0.25) is 10.1 Å². The predicted octanol–water partition coefficient (Wildman–Crippen LogP) is 3.26. The highest BCUT2D eigenvalue weighted by Gasteiger charge is 2.26. The van der Waals surface area contributed by atoms with Crippen molar-refractivity contribution in [2.24, 2.45) is 0 Å². The van der Waals surface area contributed by atoms with Crippen molar-refractivity contribution in [3.8, 4) is 5.69 Å². The van der Waals surface area contributed by atoms with Crippen LogP contribution in [0.2, 0.25) is 0 Å². The summed E-state index contributed by atoms with van der Waals surface area (Å²) in [5, 5.41) is 14.7. The summed E-state index contributed by atoms with van der Waals surface area (Å²) < 4.78 is 1.36. The van der Waals surface area contributed by atoms with Crippen LogP contribution >= 0.6 is 23.2 Å². The highest BCUT2D eigenvalue weighted by Crippen LogP contribution is 2.33. The molecule has 0 saturated carbocycles. The quantitative estimate of drug-likeness (QED) is 0.489. The number of para-hydroxylation sites is 1. The van der Waals surface area contributed by atoms with Crippen LogP contribution in [-0.2, 0) is 0 Å². The van der Waals surface area contributed by atoms with Crippen LogP contribution in [0.25, 0.3) is 5.69 Å². The predicted molar refractivity (Wildman–Crippen MR) is 64.7 cm³/mol. The molecule has 0 saturated heterocycles. The fourth-order valence-electron chi connectivity index (χ4n) is 1.47. The standard InChI is InChI=1S/C10H7Cl2N3O2/c11-10(12)9-8(15(16)17)6-13-14(9)7-4-2-1-3-5-7/h1-6,10H. The molecule has 0 radical (unpaired) electrons. The molecule has 17 heavy (non-hydrogen) atoms. The Morgan fingerprint density at radius 2 is 1.94 bits per heavy atom. The van der Waals surface area contributed by atoms with Gasteiger partial charge in [-0.1, -0.05) is 41.4 Å². The third-order valence-electron chi connectivity index (χ3n) is 2.19. The van der Waals surface area contributed by atoms with E-state index in [4.69, 9.17) is 23.2 Å². The smallest absolute Gasteiger partial charge is 0.258 e. The number of aromatic nitrogens is 2. The van der Waals surface area contributed by atoms with Gasteiger partial charge in [-0.05, 0) is 12.1 Å². The molecule has 1 aromatic heterocycles. The van der Waals surface area contributed by atoms with Crippen LogP contribution in [0.15, 0.2) is 36.5 Å². The largest absolute Gasteiger partial charge is 0.313 e. The van der Waals surface area contributed by atoms with Crippen LogP contribution in [0.4, 0.5) is 5.69 Å². The first-order valence-corrected chi connectivity index (χ1v) is 5.54. The highest BCUT2D eigenvalue weighted by molar-refractivity contribution is 6.44. The average molecular weight is 272 g/mol. The number of rotatable bonds is 3. The molecule has 0 spiro atoms. The molecule has 1 aromatic carbocycles. The zero-order chi connectivity index (χ0) is 12.4. The van der Waals surface area contributed by atoms with Gasteiger partial charge in [0.15, 0.2) is 10.5 Å². The second kappa shape index (κ2) is 4.73. The van der Waals surface area contributed by atoms with Crippen molar-refractivity contribution < 1.29 is 4.92 Å². The van der Waals surface area contributed by atoms with Crippen LogP contribution in [0.1, 0.15) is 10.5 Å². The monoisotopic (exact) mass is 271 g/mol. The van der Waals surface area contributed by atoms with Gasteiger partial charge < -0.3 is 0 Å². The molecule has 7 heteroatoms.